The van der Waals surface area contributed by atoms with Gasteiger partial charge in [-0.25, -0.2) is 4.39 Å². The third-order valence-electron chi connectivity index (χ3n) is 5.78. The second kappa shape index (κ2) is 10.9. The molecule has 0 fully saturated rings. The van der Waals surface area contributed by atoms with Crippen molar-refractivity contribution in [2.24, 2.45) is 5.73 Å². The number of nitrogens with one attached hydrogen (secondary N) is 1. The molecule has 38 heavy (non-hydrogen) atoms. The highest BCUT2D eigenvalue weighted by molar-refractivity contribution is 7.09. The number of aryl methyl sites for hydroxylation is 3. The Morgan fingerprint density at radius 3 is 2.26 bits per heavy atom. The van der Waals surface area contributed by atoms with Crippen molar-refractivity contribution in [3.8, 4) is 0 Å². The van der Waals surface area contributed by atoms with E-state index in [9.17, 15) is 18.8 Å². The predicted molar refractivity (Wildman–Crippen MR) is 142 cm³/mol. The maximum absolute atomic E-state index is 14.1. The van der Waals surface area contributed by atoms with Gasteiger partial charge in [0.1, 0.15) is 22.2 Å². The lowest BCUT2D eigenvalue weighted by Crippen LogP contribution is -2.44. The van der Waals surface area contributed by atoms with E-state index in [-0.39, 0.29) is 28.6 Å². The highest BCUT2D eigenvalue weighted by Gasteiger charge is 2.38. The zero-order valence-electron chi connectivity index (χ0n) is 20.9. The molecule has 2 heterocycles. The van der Waals surface area contributed by atoms with Gasteiger partial charge in [0.2, 0.25) is 0 Å². The number of hydrogen-bond acceptors (Lipinski definition) is 7. The molecule has 5 N–H and O–H groups in total. The maximum Gasteiger partial charge on any atom is 0.273 e. The number of nitrogens with zero attached hydrogens (tertiary/aromatic N) is 2. The molecule has 0 aliphatic heterocycles. The SMILES string of the molecule is Cc1cc(C)cc(N(C(=O)c2snc(C(N)=O)c2N)[C@@H](C(=O)NCc2ccc(F)cc2)c2ccc(C)o2)c1. The number of aromatic nitrogens is 1. The second-order valence-electron chi connectivity index (χ2n) is 8.85. The number of carbonyl (C=O) groups is 3. The van der Waals surface area contributed by atoms with Crippen molar-refractivity contribution in [1.82, 2.24) is 9.69 Å². The summed E-state index contributed by atoms with van der Waals surface area (Å²) in [5.41, 5.74) is 13.9. The van der Waals surface area contributed by atoms with Gasteiger partial charge >= 0.3 is 0 Å². The first-order chi connectivity index (χ1) is 18.0. The summed E-state index contributed by atoms with van der Waals surface area (Å²) in [5, 5.41) is 2.82. The Hall–Kier alpha value is -4.51. The molecule has 0 radical (unpaired) electrons. The Morgan fingerprint density at radius 1 is 1.05 bits per heavy atom. The van der Waals surface area contributed by atoms with E-state index in [1.165, 1.54) is 17.0 Å². The molecule has 9 nitrogen and oxygen atoms in total. The van der Waals surface area contributed by atoms with Gasteiger partial charge in [0.25, 0.3) is 17.7 Å². The van der Waals surface area contributed by atoms with Crippen LogP contribution in [0, 0.1) is 26.6 Å². The van der Waals surface area contributed by atoms with Crippen molar-refractivity contribution < 1.29 is 23.2 Å². The van der Waals surface area contributed by atoms with Gasteiger partial charge in [0.15, 0.2) is 11.7 Å². The van der Waals surface area contributed by atoms with Crippen LogP contribution < -0.4 is 21.7 Å². The standard InChI is InChI=1S/C27H26FN5O4S/c1-14-10-15(2)12-19(11-14)33(27(36)24-21(29)22(25(30)34)32-38-24)23(20-9-4-16(3)37-20)26(35)31-13-17-5-7-18(28)8-6-17/h4-12,23H,13,29H2,1-3H3,(H2,30,34)(H,31,35)/t23-/m1/s1. The number of amides is 3. The fourth-order valence-electron chi connectivity index (χ4n) is 4.07. The normalized spacial score (nSPS) is 11.7. The molecule has 2 aromatic carbocycles. The summed E-state index contributed by atoms with van der Waals surface area (Å²) < 4.78 is 23.1. The summed E-state index contributed by atoms with van der Waals surface area (Å²) >= 11 is 0.720. The number of hydrogen-bond donors (Lipinski definition) is 3. The van der Waals surface area contributed by atoms with E-state index in [0.717, 1.165) is 22.7 Å². The van der Waals surface area contributed by atoms with Crippen molar-refractivity contribution in [2.45, 2.75) is 33.4 Å². The van der Waals surface area contributed by atoms with Crippen LogP contribution >= 0.6 is 11.5 Å². The topological polar surface area (TPSA) is 145 Å². The molecule has 0 bridgehead atoms. The average Bonchev–Trinajstić information content (AvgIpc) is 3.46. The lowest BCUT2D eigenvalue weighted by Gasteiger charge is -2.30. The largest absolute Gasteiger partial charge is 0.464 e. The van der Waals surface area contributed by atoms with Gasteiger partial charge in [0, 0.05) is 12.2 Å². The molecule has 0 spiro atoms. The van der Waals surface area contributed by atoms with E-state index in [1.807, 2.05) is 19.9 Å². The summed E-state index contributed by atoms with van der Waals surface area (Å²) in [6.07, 6.45) is 0. The van der Waals surface area contributed by atoms with Crippen molar-refractivity contribution in [3.05, 3.63) is 99.2 Å². The molecule has 4 rings (SSSR count). The summed E-state index contributed by atoms with van der Waals surface area (Å²) in [5.74, 6) is -1.72. The number of nitrogens with two attached hydrogens (primary N) is 2. The van der Waals surface area contributed by atoms with Gasteiger partial charge in [-0.2, -0.15) is 4.37 Å². The minimum atomic E-state index is -1.25. The summed E-state index contributed by atoms with van der Waals surface area (Å²) in [6, 6.07) is 13.2. The van der Waals surface area contributed by atoms with Gasteiger partial charge in [0.05, 0.1) is 5.69 Å². The number of benzene rings is 2. The zero-order chi connectivity index (χ0) is 27.6. The van der Waals surface area contributed by atoms with E-state index in [4.69, 9.17) is 15.9 Å². The minimum absolute atomic E-state index is 0.0439. The van der Waals surface area contributed by atoms with Crippen LogP contribution in [0.2, 0.25) is 0 Å². The molecule has 4 aromatic rings. The third-order valence-corrected chi connectivity index (χ3v) is 6.63. The van der Waals surface area contributed by atoms with Crippen LogP contribution in [-0.4, -0.2) is 22.1 Å². The average molecular weight is 536 g/mol. The van der Waals surface area contributed by atoms with E-state index < -0.39 is 29.6 Å². The van der Waals surface area contributed by atoms with Crippen LogP contribution in [0.3, 0.4) is 0 Å². The molecule has 11 heteroatoms. The fourth-order valence-corrected chi connectivity index (χ4v) is 4.82. The molecule has 0 unspecified atom stereocenters. The van der Waals surface area contributed by atoms with Gasteiger partial charge in [-0.1, -0.05) is 18.2 Å². The Bertz CT molecular complexity index is 1490. The first-order valence-electron chi connectivity index (χ1n) is 11.6. The molecule has 0 saturated heterocycles. The molecule has 0 aliphatic rings. The highest BCUT2D eigenvalue weighted by Crippen LogP contribution is 2.34. The lowest BCUT2D eigenvalue weighted by atomic mass is 10.1. The molecular weight excluding hydrogens is 509 g/mol. The van der Waals surface area contributed by atoms with Crippen molar-refractivity contribution in [3.63, 3.8) is 0 Å². The molecule has 2 aromatic heterocycles. The molecule has 0 aliphatic carbocycles. The van der Waals surface area contributed by atoms with Crippen LogP contribution in [0.4, 0.5) is 15.8 Å². The number of primary amides is 1. The monoisotopic (exact) mass is 535 g/mol. The molecule has 0 saturated carbocycles. The lowest BCUT2D eigenvalue weighted by molar-refractivity contribution is -0.123. The van der Waals surface area contributed by atoms with E-state index >= 15 is 0 Å². The summed E-state index contributed by atoms with van der Waals surface area (Å²) in [7, 11) is 0. The Labute approximate surface area is 222 Å². The van der Waals surface area contributed by atoms with Crippen LogP contribution in [0.5, 0.6) is 0 Å². The molecule has 1 atom stereocenters. The number of nitrogen functional groups attached to an aromatic ring is 1. The Balaban J connectivity index is 1.82. The Kier molecular flexibility index (Phi) is 7.58. The number of furan rings is 1. The first-order valence-corrected chi connectivity index (χ1v) is 12.4. The fraction of sp³-hybridized carbons (Fsp3) is 0.185. The van der Waals surface area contributed by atoms with Crippen LogP contribution in [0.25, 0.3) is 0 Å². The van der Waals surface area contributed by atoms with Crippen molar-refractivity contribution in [1.29, 1.82) is 0 Å². The second-order valence-corrected chi connectivity index (χ2v) is 9.63. The van der Waals surface area contributed by atoms with Crippen LogP contribution in [-0.2, 0) is 11.3 Å². The van der Waals surface area contributed by atoms with Crippen molar-refractivity contribution >= 4 is 40.6 Å². The quantitative estimate of drug-likeness (QED) is 0.309. The third kappa shape index (κ3) is 5.57. The zero-order valence-corrected chi connectivity index (χ0v) is 21.8. The molecule has 196 valence electrons. The van der Waals surface area contributed by atoms with E-state index in [0.29, 0.717) is 17.0 Å². The van der Waals surface area contributed by atoms with E-state index in [1.54, 1.807) is 43.3 Å². The molecular formula is C27H26FN5O4S. The number of halogens is 1. The van der Waals surface area contributed by atoms with Crippen molar-refractivity contribution in [2.75, 3.05) is 10.6 Å². The summed E-state index contributed by atoms with van der Waals surface area (Å²) in [4.78, 5) is 40.8. The van der Waals surface area contributed by atoms with E-state index in [2.05, 4.69) is 9.69 Å². The number of anilines is 2. The number of rotatable bonds is 8. The van der Waals surface area contributed by atoms with Gasteiger partial charge < -0.3 is 21.2 Å². The Morgan fingerprint density at radius 2 is 1.71 bits per heavy atom. The smallest absolute Gasteiger partial charge is 0.273 e. The van der Waals surface area contributed by atoms with Gasteiger partial charge in [-0.3, -0.25) is 19.3 Å². The highest BCUT2D eigenvalue weighted by atomic mass is 32.1. The predicted octanol–water partition coefficient (Wildman–Crippen LogP) is 4.19. The van der Waals surface area contributed by atoms with Gasteiger partial charge in [-0.05, 0) is 85.4 Å². The van der Waals surface area contributed by atoms with Crippen LogP contribution in [0.1, 0.15) is 54.4 Å². The number of carbonyl (C=O) groups excluding carboxylic acids is 3. The first kappa shape index (κ1) is 26.6. The van der Waals surface area contributed by atoms with Gasteiger partial charge in [-0.15, -0.1) is 0 Å². The summed E-state index contributed by atoms with van der Waals surface area (Å²) in [6.45, 7) is 5.54. The molecule has 3 amide bonds. The van der Waals surface area contributed by atoms with Crippen LogP contribution in [0.15, 0.2) is 59.0 Å². The maximum atomic E-state index is 14.1. The minimum Gasteiger partial charge on any atom is -0.464 e.